The van der Waals surface area contributed by atoms with Crippen LogP contribution in [0.4, 0.5) is 20.2 Å². The van der Waals surface area contributed by atoms with Gasteiger partial charge in [0.25, 0.3) is 0 Å². The van der Waals surface area contributed by atoms with Crippen LogP contribution in [0, 0.1) is 11.6 Å². The number of nitrogens with zero attached hydrogens (tertiary/aromatic N) is 8. The fourth-order valence-corrected chi connectivity index (χ4v) is 7.54. The van der Waals surface area contributed by atoms with E-state index in [-0.39, 0.29) is 31.4 Å². The fraction of sp³-hybridized carbons (Fsp3) is 0.326. The molecule has 2 aromatic heterocycles. The van der Waals surface area contributed by atoms with E-state index in [0.29, 0.717) is 22.7 Å². The fourth-order valence-electron chi connectivity index (χ4n) is 7.54. The Hall–Kier alpha value is -6.43. The van der Waals surface area contributed by atoms with Crippen LogP contribution in [0.15, 0.2) is 115 Å². The molecule has 2 N–H and O–H groups in total. The molecule has 0 spiro atoms. The van der Waals surface area contributed by atoms with Crippen LogP contribution in [0.5, 0.6) is 5.75 Å². The second-order valence-corrected chi connectivity index (χ2v) is 14.8. The zero-order chi connectivity index (χ0) is 41.8. The average Bonchev–Trinajstić information content (AvgIpc) is 4.03. The van der Waals surface area contributed by atoms with Gasteiger partial charge in [0.1, 0.15) is 61.7 Å². The number of piperazine rings is 1. The number of hydrogen-bond acceptors (Lipinski definition) is 11. The first-order valence-electron chi connectivity index (χ1n) is 19.8. The molecular formula is C43H45F2N9O6. The molecule has 312 valence electrons. The third-order valence-corrected chi connectivity index (χ3v) is 10.9. The summed E-state index contributed by atoms with van der Waals surface area (Å²) in [6.45, 7) is 7.33. The number of ether oxygens (including phenoxy) is 3. The number of aromatic nitrogens is 6. The van der Waals surface area contributed by atoms with Crippen LogP contribution in [0.25, 0.3) is 11.4 Å². The minimum atomic E-state index is -1.54. The molecule has 6 aromatic rings. The van der Waals surface area contributed by atoms with Crippen LogP contribution >= 0.6 is 0 Å². The Balaban J connectivity index is 0.859. The highest BCUT2D eigenvalue weighted by molar-refractivity contribution is 5.77. The number of anilines is 2. The number of nitrogens with one attached hydrogen (secondary N) is 1. The highest BCUT2D eigenvalue weighted by Crippen LogP contribution is 2.38. The van der Waals surface area contributed by atoms with Crippen molar-refractivity contribution in [2.75, 3.05) is 49.2 Å². The molecule has 8 rings (SSSR count). The lowest BCUT2D eigenvalue weighted by Crippen LogP contribution is -2.46. The topological polar surface area (TPSA) is 154 Å². The number of halogens is 2. The summed E-state index contributed by atoms with van der Waals surface area (Å²) >= 11 is 0. The zero-order valence-corrected chi connectivity index (χ0v) is 33.1. The molecule has 17 heteroatoms. The van der Waals surface area contributed by atoms with Crippen LogP contribution in [-0.4, -0.2) is 91.7 Å². The lowest BCUT2D eigenvalue weighted by Gasteiger charge is -2.37. The molecule has 4 heterocycles. The van der Waals surface area contributed by atoms with E-state index in [0.717, 1.165) is 56.1 Å². The first-order valence-corrected chi connectivity index (χ1v) is 19.8. The van der Waals surface area contributed by atoms with Gasteiger partial charge in [0.2, 0.25) is 5.79 Å². The number of rotatable bonds is 15. The monoisotopic (exact) mass is 821 g/mol. The molecule has 2 aliphatic rings. The summed E-state index contributed by atoms with van der Waals surface area (Å²) in [5.41, 5.74) is 3.23. The van der Waals surface area contributed by atoms with E-state index in [2.05, 4.69) is 30.3 Å². The smallest absolute Gasteiger partial charge is 0.355 e. The molecule has 2 aliphatic heterocycles. The summed E-state index contributed by atoms with van der Waals surface area (Å²) < 4.78 is 51.2. The molecule has 0 bridgehead atoms. The van der Waals surface area contributed by atoms with Crippen molar-refractivity contribution in [3.05, 3.63) is 143 Å². The average molecular weight is 822 g/mol. The number of para-hydroxylation sites is 1. The van der Waals surface area contributed by atoms with Gasteiger partial charge in [-0.25, -0.2) is 27.8 Å². The van der Waals surface area contributed by atoms with Crippen molar-refractivity contribution >= 4 is 17.3 Å². The number of carbonyl (C=O) groups is 1. The summed E-state index contributed by atoms with van der Waals surface area (Å²) in [5.74, 6) is -3.42. The maximum atomic E-state index is 14.9. The minimum absolute atomic E-state index is 0.0132. The first kappa shape index (κ1) is 40.4. The van der Waals surface area contributed by atoms with Crippen molar-refractivity contribution in [1.82, 2.24) is 34.4 Å². The molecule has 3 unspecified atom stereocenters. The van der Waals surface area contributed by atoms with E-state index in [9.17, 15) is 23.5 Å². The number of carboxylic acids is 1. The summed E-state index contributed by atoms with van der Waals surface area (Å²) in [6, 6.07) is 24.7. The van der Waals surface area contributed by atoms with Gasteiger partial charge < -0.3 is 29.1 Å². The molecule has 0 saturated carbocycles. The van der Waals surface area contributed by atoms with Crippen LogP contribution in [0.1, 0.15) is 37.4 Å². The summed E-state index contributed by atoms with van der Waals surface area (Å²) in [6.07, 6.45) is 4.49. The number of carboxylic acid groups (broad SMARTS) is 1. The number of benzene rings is 4. The molecule has 60 heavy (non-hydrogen) atoms. The molecule has 0 radical (unpaired) electrons. The Kier molecular flexibility index (Phi) is 11.7. The van der Waals surface area contributed by atoms with Gasteiger partial charge in [-0.05, 0) is 80.1 Å². The standard InChI is InChI=1S/C43H45F2N9O6/c1-3-29(2)49-40(41(55)56)36-6-4-5-7-39(36)54-42(57)53(28-48-54)33-11-9-31(10-12-33)50-18-20-51(21-19-50)32-13-15-34(16-14-32)58-23-35-24-59-43(60-35,25-52-27-46-26-47-52)37-17-8-30(44)22-38(37)45/h4-17,22,26-29,35,40,49H,3,18-21,23-25H2,1-2H3,(H,55,56)/t29?,35?,40-,43?/m0/s1. The van der Waals surface area contributed by atoms with Gasteiger partial charge in [-0.15, -0.1) is 0 Å². The summed E-state index contributed by atoms with van der Waals surface area (Å²) in [4.78, 5) is 34.4. The molecule has 0 aliphatic carbocycles. The maximum Gasteiger partial charge on any atom is 0.355 e. The van der Waals surface area contributed by atoms with Crippen molar-refractivity contribution in [1.29, 1.82) is 0 Å². The predicted octanol–water partition coefficient (Wildman–Crippen LogP) is 5.08. The largest absolute Gasteiger partial charge is 0.491 e. The van der Waals surface area contributed by atoms with Gasteiger partial charge in [-0.3, -0.25) is 10.1 Å². The maximum absolute atomic E-state index is 14.9. The summed E-state index contributed by atoms with van der Waals surface area (Å²) in [5, 5.41) is 21.6. The lowest BCUT2D eigenvalue weighted by molar-refractivity contribution is -0.192. The van der Waals surface area contributed by atoms with E-state index in [4.69, 9.17) is 14.2 Å². The second-order valence-electron chi connectivity index (χ2n) is 14.8. The second kappa shape index (κ2) is 17.4. The van der Waals surface area contributed by atoms with Crippen LogP contribution in [0.2, 0.25) is 0 Å². The highest BCUT2D eigenvalue weighted by atomic mass is 19.1. The molecule has 4 atom stereocenters. The van der Waals surface area contributed by atoms with Gasteiger partial charge in [0, 0.05) is 60.8 Å². The SMILES string of the molecule is CCC(C)N[C@H](C(=O)O)c1ccccc1-n1ncn(-c2ccc(N3CCN(c4ccc(OCC5COC(Cn6cncn6)(c6ccc(F)cc6F)O5)cc4)CC3)cc2)c1=O. The van der Waals surface area contributed by atoms with Gasteiger partial charge >= 0.3 is 11.7 Å². The lowest BCUT2D eigenvalue weighted by atomic mass is 10.0. The van der Waals surface area contributed by atoms with Gasteiger partial charge in [-0.1, -0.05) is 25.1 Å². The van der Waals surface area contributed by atoms with E-state index in [1.54, 1.807) is 24.3 Å². The molecule has 15 nitrogen and oxygen atoms in total. The van der Waals surface area contributed by atoms with E-state index >= 15 is 0 Å². The van der Waals surface area contributed by atoms with Crippen molar-refractivity contribution in [2.24, 2.45) is 0 Å². The van der Waals surface area contributed by atoms with E-state index in [1.807, 2.05) is 62.4 Å². The molecule has 2 fully saturated rings. The minimum Gasteiger partial charge on any atom is -0.491 e. The van der Waals surface area contributed by atoms with Crippen LogP contribution < -0.4 is 25.5 Å². The Morgan fingerprint density at radius 3 is 2.27 bits per heavy atom. The first-order chi connectivity index (χ1) is 29.1. The predicted molar refractivity (Wildman–Crippen MR) is 218 cm³/mol. The van der Waals surface area contributed by atoms with Gasteiger partial charge in [0.05, 0.1) is 18.0 Å². The molecule has 2 saturated heterocycles. The molecule has 0 amide bonds. The van der Waals surface area contributed by atoms with E-state index < -0.39 is 41.2 Å². The van der Waals surface area contributed by atoms with Crippen LogP contribution in [-0.2, 0) is 26.6 Å². The molecule has 4 aromatic carbocycles. The van der Waals surface area contributed by atoms with Crippen molar-refractivity contribution in [3.63, 3.8) is 0 Å². The van der Waals surface area contributed by atoms with Crippen molar-refractivity contribution in [2.45, 2.75) is 50.8 Å². The molecular weight excluding hydrogens is 777 g/mol. The zero-order valence-electron chi connectivity index (χ0n) is 33.1. The normalized spacial score (nSPS) is 19.0. The van der Waals surface area contributed by atoms with Gasteiger partial charge in [-0.2, -0.15) is 14.9 Å². The van der Waals surface area contributed by atoms with Crippen molar-refractivity contribution < 1.29 is 32.9 Å². The Bertz CT molecular complexity index is 2450. The quantitative estimate of drug-likeness (QED) is 0.142. The van der Waals surface area contributed by atoms with Crippen molar-refractivity contribution in [3.8, 4) is 17.1 Å². The third-order valence-electron chi connectivity index (χ3n) is 10.9. The third kappa shape index (κ3) is 8.50. The van der Waals surface area contributed by atoms with E-state index in [1.165, 1.54) is 39.0 Å². The Labute approximate surface area is 344 Å². The van der Waals surface area contributed by atoms with Gasteiger partial charge in [0.15, 0.2) is 0 Å². The highest BCUT2D eigenvalue weighted by Gasteiger charge is 2.46. The van der Waals surface area contributed by atoms with Crippen LogP contribution in [0.3, 0.4) is 0 Å². The Morgan fingerprint density at radius 1 is 0.933 bits per heavy atom. The Morgan fingerprint density at radius 2 is 1.62 bits per heavy atom. The summed E-state index contributed by atoms with van der Waals surface area (Å²) in [7, 11) is 0. The number of aliphatic carboxylic acids is 1. The number of hydrogen-bond donors (Lipinski definition) is 2.